The summed E-state index contributed by atoms with van der Waals surface area (Å²) in [5, 5.41) is 9.08. The first-order valence-electron chi connectivity index (χ1n) is 6.36. The third-order valence-electron chi connectivity index (χ3n) is 2.82. The number of anilines is 2. The van der Waals surface area contributed by atoms with Crippen LogP contribution < -0.4 is 9.21 Å². The predicted octanol–water partition coefficient (Wildman–Crippen LogP) is 1.58. The number of aromatic nitrogens is 3. The van der Waals surface area contributed by atoms with E-state index in [-0.39, 0.29) is 22.1 Å². The van der Waals surface area contributed by atoms with Crippen LogP contribution in [0.25, 0.3) is 0 Å². The molecule has 0 aliphatic carbocycles. The third-order valence-corrected chi connectivity index (χ3v) is 4.58. The fourth-order valence-corrected chi connectivity index (χ4v) is 2.89. The average Bonchev–Trinajstić information content (AvgIpc) is 2.47. The van der Waals surface area contributed by atoms with Gasteiger partial charge in [-0.25, -0.2) is 0 Å². The second-order valence-corrected chi connectivity index (χ2v) is 6.91. The second-order valence-electron chi connectivity index (χ2n) is 4.78. The standard InChI is InChI=1S/C13H13ClN6O2S/c1-9-4-6-10(7-5-9)23(21,22)20(8-15)13-17-11(14)16-12(18-13)19(2)3/h4-7H,1-3H3. The molecule has 0 fully saturated rings. The minimum Gasteiger partial charge on any atom is -0.347 e. The molecule has 8 nitrogen and oxygen atoms in total. The van der Waals surface area contributed by atoms with Crippen molar-refractivity contribution in [1.82, 2.24) is 15.0 Å². The van der Waals surface area contributed by atoms with Crippen molar-refractivity contribution < 1.29 is 8.42 Å². The van der Waals surface area contributed by atoms with Crippen LogP contribution in [-0.4, -0.2) is 37.5 Å². The van der Waals surface area contributed by atoms with E-state index in [9.17, 15) is 13.7 Å². The van der Waals surface area contributed by atoms with Gasteiger partial charge in [0.25, 0.3) is 16.0 Å². The van der Waals surface area contributed by atoms with Crippen molar-refractivity contribution in [2.75, 3.05) is 23.3 Å². The van der Waals surface area contributed by atoms with Crippen LogP contribution >= 0.6 is 11.6 Å². The van der Waals surface area contributed by atoms with Crippen LogP contribution in [0.3, 0.4) is 0 Å². The van der Waals surface area contributed by atoms with Gasteiger partial charge in [0.2, 0.25) is 17.4 Å². The van der Waals surface area contributed by atoms with Gasteiger partial charge in [-0.05, 0) is 30.7 Å². The van der Waals surface area contributed by atoms with Crippen molar-refractivity contribution in [2.24, 2.45) is 0 Å². The summed E-state index contributed by atoms with van der Waals surface area (Å²) in [6.45, 7) is 1.83. The van der Waals surface area contributed by atoms with Crippen molar-refractivity contribution in [3.8, 4) is 6.19 Å². The Kier molecular flexibility index (Phi) is 4.68. The first-order chi connectivity index (χ1) is 10.8. The largest absolute Gasteiger partial charge is 0.347 e. The molecule has 0 aliphatic heterocycles. The molecule has 0 N–H and O–H groups in total. The highest BCUT2D eigenvalue weighted by Crippen LogP contribution is 2.22. The van der Waals surface area contributed by atoms with E-state index in [1.165, 1.54) is 17.0 Å². The number of sulfonamides is 1. The van der Waals surface area contributed by atoms with E-state index in [1.807, 2.05) is 6.92 Å². The maximum absolute atomic E-state index is 12.6. The number of hydrogen-bond acceptors (Lipinski definition) is 7. The Labute approximate surface area is 139 Å². The van der Waals surface area contributed by atoms with Crippen molar-refractivity contribution >= 4 is 33.5 Å². The molecule has 0 saturated carbocycles. The number of nitrogens with zero attached hydrogens (tertiary/aromatic N) is 6. The minimum atomic E-state index is -4.14. The Hall–Kier alpha value is -2.44. The molecule has 0 aliphatic rings. The molecule has 1 heterocycles. The lowest BCUT2D eigenvalue weighted by Gasteiger charge is -2.16. The quantitative estimate of drug-likeness (QED) is 0.607. The van der Waals surface area contributed by atoms with Gasteiger partial charge in [0.1, 0.15) is 0 Å². The molecular weight excluding hydrogens is 340 g/mol. The molecule has 0 atom stereocenters. The lowest BCUT2D eigenvalue weighted by atomic mass is 10.2. The molecule has 10 heteroatoms. The summed E-state index contributed by atoms with van der Waals surface area (Å²) in [5.74, 6) is -0.226. The smallest absolute Gasteiger partial charge is 0.279 e. The molecule has 0 amide bonds. The molecule has 0 saturated heterocycles. The molecule has 0 bridgehead atoms. The van der Waals surface area contributed by atoms with Gasteiger partial charge in [-0.3, -0.25) is 0 Å². The zero-order chi connectivity index (χ0) is 17.2. The molecule has 2 rings (SSSR count). The summed E-state index contributed by atoms with van der Waals surface area (Å²) in [7, 11) is -0.831. The zero-order valence-corrected chi connectivity index (χ0v) is 14.2. The van der Waals surface area contributed by atoms with E-state index in [0.717, 1.165) is 5.56 Å². The fraction of sp³-hybridized carbons (Fsp3) is 0.231. The topological polar surface area (TPSA) is 103 Å². The zero-order valence-electron chi connectivity index (χ0n) is 12.6. The molecule has 0 unspecified atom stereocenters. The normalized spacial score (nSPS) is 10.9. The van der Waals surface area contributed by atoms with Crippen LogP contribution in [-0.2, 0) is 10.0 Å². The van der Waals surface area contributed by atoms with Gasteiger partial charge in [-0.2, -0.15) is 28.6 Å². The molecule has 23 heavy (non-hydrogen) atoms. The van der Waals surface area contributed by atoms with Gasteiger partial charge < -0.3 is 4.90 Å². The summed E-state index contributed by atoms with van der Waals surface area (Å²) in [4.78, 5) is 13.0. The molecular formula is C13H13ClN6O2S. The first-order valence-corrected chi connectivity index (χ1v) is 8.18. The van der Waals surface area contributed by atoms with Crippen LogP contribution in [0.5, 0.6) is 0 Å². The summed E-state index contributed by atoms with van der Waals surface area (Å²) in [5.41, 5.74) is 0.894. The van der Waals surface area contributed by atoms with Gasteiger partial charge in [0.15, 0.2) is 0 Å². The lowest BCUT2D eigenvalue weighted by molar-refractivity contribution is 0.595. The Morgan fingerprint density at radius 3 is 2.17 bits per heavy atom. The van der Waals surface area contributed by atoms with Gasteiger partial charge in [-0.1, -0.05) is 17.7 Å². The number of nitriles is 1. The molecule has 0 radical (unpaired) electrons. The minimum absolute atomic E-state index is 0.0485. The molecule has 120 valence electrons. The summed E-state index contributed by atoms with van der Waals surface area (Å²) in [6.07, 6.45) is 1.58. The first kappa shape index (κ1) is 16.9. The van der Waals surface area contributed by atoms with Crippen LogP contribution in [0.1, 0.15) is 5.56 Å². The van der Waals surface area contributed by atoms with Crippen molar-refractivity contribution in [3.05, 3.63) is 35.1 Å². The van der Waals surface area contributed by atoms with Crippen molar-refractivity contribution in [3.63, 3.8) is 0 Å². The van der Waals surface area contributed by atoms with Gasteiger partial charge in [-0.15, -0.1) is 4.31 Å². The molecule has 1 aromatic heterocycles. The van der Waals surface area contributed by atoms with E-state index >= 15 is 0 Å². The highest BCUT2D eigenvalue weighted by atomic mass is 35.5. The van der Waals surface area contributed by atoms with Crippen LogP contribution in [0.2, 0.25) is 5.28 Å². The van der Waals surface area contributed by atoms with Gasteiger partial charge in [0.05, 0.1) is 4.90 Å². The second kappa shape index (κ2) is 6.36. The van der Waals surface area contributed by atoms with Crippen LogP contribution in [0, 0.1) is 18.4 Å². The van der Waals surface area contributed by atoms with Gasteiger partial charge in [0, 0.05) is 14.1 Å². The summed E-state index contributed by atoms with van der Waals surface area (Å²) in [6, 6.07) is 6.08. The summed E-state index contributed by atoms with van der Waals surface area (Å²) >= 11 is 5.79. The summed E-state index contributed by atoms with van der Waals surface area (Å²) < 4.78 is 25.6. The number of rotatable bonds is 4. The van der Waals surface area contributed by atoms with Crippen LogP contribution in [0.4, 0.5) is 11.9 Å². The average molecular weight is 353 g/mol. The van der Waals surface area contributed by atoms with Crippen molar-refractivity contribution in [2.45, 2.75) is 11.8 Å². The number of aryl methyl sites for hydroxylation is 1. The van der Waals surface area contributed by atoms with Crippen molar-refractivity contribution in [1.29, 1.82) is 5.26 Å². The third kappa shape index (κ3) is 3.49. The van der Waals surface area contributed by atoms with Crippen LogP contribution in [0.15, 0.2) is 29.2 Å². The Bertz CT molecular complexity index is 861. The molecule has 0 spiro atoms. The Morgan fingerprint density at radius 1 is 1.09 bits per heavy atom. The highest BCUT2D eigenvalue weighted by molar-refractivity contribution is 7.93. The Morgan fingerprint density at radius 2 is 1.65 bits per heavy atom. The van der Waals surface area contributed by atoms with E-state index in [2.05, 4.69) is 15.0 Å². The maximum atomic E-state index is 12.6. The lowest BCUT2D eigenvalue weighted by Crippen LogP contribution is -2.28. The van der Waals surface area contributed by atoms with E-state index in [0.29, 0.717) is 4.31 Å². The van der Waals surface area contributed by atoms with Gasteiger partial charge >= 0.3 is 0 Å². The van der Waals surface area contributed by atoms with E-state index in [4.69, 9.17) is 11.6 Å². The van der Waals surface area contributed by atoms with E-state index < -0.39 is 10.0 Å². The highest BCUT2D eigenvalue weighted by Gasteiger charge is 2.28. The monoisotopic (exact) mass is 352 g/mol. The SMILES string of the molecule is Cc1ccc(S(=O)(=O)N(C#N)c2nc(Cl)nc(N(C)C)n2)cc1. The number of benzene rings is 1. The van der Waals surface area contributed by atoms with E-state index in [1.54, 1.807) is 32.4 Å². The maximum Gasteiger partial charge on any atom is 0.279 e. The fourth-order valence-electron chi connectivity index (χ4n) is 1.64. The number of halogens is 1. The number of hydrogen-bond donors (Lipinski definition) is 0. The predicted molar refractivity (Wildman–Crippen MR) is 85.6 cm³/mol. The Balaban J connectivity index is 2.56. The molecule has 2 aromatic rings. The molecule has 1 aromatic carbocycles.